The molecule has 3 nitrogen and oxygen atoms in total. The third-order valence-electron chi connectivity index (χ3n) is 6.61. The summed E-state index contributed by atoms with van der Waals surface area (Å²) in [5.74, 6) is 0.664. The Kier molecular flexibility index (Phi) is 7.19. The van der Waals surface area contributed by atoms with Crippen LogP contribution < -0.4 is 0 Å². The van der Waals surface area contributed by atoms with Crippen LogP contribution in [0.3, 0.4) is 0 Å². The first-order chi connectivity index (χ1) is 19.3. The molecule has 0 atom stereocenters. The van der Waals surface area contributed by atoms with Gasteiger partial charge in [-0.15, -0.1) is 0 Å². The molecule has 0 bridgehead atoms. The molecule has 6 aromatic carbocycles. The SMILES string of the molecule is Brc1cc(-c2ncncn2)cc(-c2cc3ccccc3c3ccccc23)c1.c1ccc(-c2ccccc2)cc1. The fraction of sp³-hybridized carbons (Fsp3) is 0. The Hall–Kier alpha value is -4.67. The molecule has 0 aliphatic rings. The summed E-state index contributed by atoms with van der Waals surface area (Å²) in [6, 6.07) is 46.4. The lowest BCUT2D eigenvalue weighted by Crippen LogP contribution is -1.91. The third kappa shape index (κ3) is 5.47. The molecule has 0 radical (unpaired) electrons. The van der Waals surface area contributed by atoms with E-state index >= 15 is 0 Å². The van der Waals surface area contributed by atoms with Crippen molar-refractivity contribution in [3.63, 3.8) is 0 Å². The molecular formula is C35H24BrN3. The molecular weight excluding hydrogens is 542 g/mol. The lowest BCUT2D eigenvalue weighted by Gasteiger charge is -2.12. The number of fused-ring (bicyclic) bond motifs is 3. The number of aromatic nitrogens is 3. The van der Waals surface area contributed by atoms with Crippen LogP contribution in [0.4, 0.5) is 0 Å². The maximum Gasteiger partial charge on any atom is 0.162 e. The van der Waals surface area contributed by atoms with Gasteiger partial charge in [0.2, 0.25) is 0 Å². The van der Waals surface area contributed by atoms with Gasteiger partial charge in [-0.3, -0.25) is 0 Å². The Balaban J connectivity index is 0.000000193. The van der Waals surface area contributed by atoms with Gasteiger partial charge < -0.3 is 0 Å². The quantitative estimate of drug-likeness (QED) is 0.200. The minimum Gasteiger partial charge on any atom is -0.225 e. The molecule has 0 aliphatic carbocycles. The second-order valence-electron chi connectivity index (χ2n) is 9.11. The van der Waals surface area contributed by atoms with E-state index in [2.05, 4.69) is 146 Å². The number of rotatable bonds is 3. The summed E-state index contributed by atoms with van der Waals surface area (Å²) in [6.45, 7) is 0. The Bertz CT molecular complexity index is 1820. The van der Waals surface area contributed by atoms with Crippen LogP contribution in [0, 0.1) is 0 Å². The van der Waals surface area contributed by atoms with Crippen LogP contribution in [0.2, 0.25) is 0 Å². The molecule has 39 heavy (non-hydrogen) atoms. The van der Waals surface area contributed by atoms with Gasteiger partial charge in [-0.25, -0.2) is 15.0 Å². The molecule has 0 spiro atoms. The minimum absolute atomic E-state index is 0.664. The van der Waals surface area contributed by atoms with Crippen LogP contribution in [0.1, 0.15) is 0 Å². The second-order valence-corrected chi connectivity index (χ2v) is 10.0. The van der Waals surface area contributed by atoms with Crippen molar-refractivity contribution in [1.29, 1.82) is 0 Å². The van der Waals surface area contributed by atoms with E-state index in [4.69, 9.17) is 0 Å². The first kappa shape index (κ1) is 24.7. The second kappa shape index (κ2) is 11.4. The van der Waals surface area contributed by atoms with Gasteiger partial charge in [0.05, 0.1) is 0 Å². The van der Waals surface area contributed by atoms with Crippen molar-refractivity contribution in [2.45, 2.75) is 0 Å². The van der Waals surface area contributed by atoms with Gasteiger partial charge in [0.1, 0.15) is 12.7 Å². The lowest BCUT2D eigenvalue weighted by atomic mass is 9.92. The molecule has 1 aromatic heterocycles. The maximum atomic E-state index is 4.29. The third-order valence-corrected chi connectivity index (χ3v) is 7.07. The number of hydrogen-bond acceptors (Lipinski definition) is 3. The zero-order chi connectivity index (χ0) is 26.4. The van der Waals surface area contributed by atoms with Crippen LogP contribution >= 0.6 is 15.9 Å². The Morgan fingerprint density at radius 3 is 1.64 bits per heavy atom. The van der Waals surface area contributed by atoms with E-state index in [1.165, 1.54) is 50.9 Å². The zero-order valence-corrected chi connectivity index (χ0v) is 22.7. The lowest BCUT2D eigenvalue weighted by molar-refractivity contribution is 1.06. The molecule has 0 aliphatic heterocycles. The molecule has 0 saturated heterocycles. The van der Waals surface area contributed by atoms with Crippen molar-refractivity contribution in [1.82, 2.24) is 15.0 Å². The predicted molar refractivity (Wildman–Crippen MR) is 165 cm³/mol. The molecule has 4 heteroatoms. The molecule has 1 heterocycles. The van der Waals surface area contributed by atoms with E-state index in [9.17, 15) is 0 Å². The molecule has 0 N–H and O–H groups in total. The summed E-state index contributed by atoms with van der Waals surface area (Å²) in [6.07, 6.45) is 3.04. The molecule has 0 saturated carbocycles. The largest absolute Gasteiger partial charge is 0.225 e. The van der Waals surface area contributed by atoms with Crippen molar-refractivity contribution in [3.8, 4) is 33.6 Å². The van der Waals surface area contributed by atoms with Gasteiger partial charge in [-0.2, -0.15) is 0 Å². The highest BCUT2D eigenvalue weighted by atomic mass is 79.9. The Morgan fingerprint density at radius 2 is 0.974 bits per heavy atom. The predicted octanol–water partition coefficient (Wildman–Crippen LogP) is 9.63. The van der Waals surface area contributed by atoms with Crippen LogP contribution in [0.15, 0.2) is 151 Å². The molecule has 0 unspecified atom stereocenters. The van der Waals surface area contributed by atoms with Crippen molar-refractivity contribution < 1.29 is 0 Å². The summed E-state index contributed by atoms with van der Waals surface area (Å²) in [5, 5.41) is 4.99. The molecule has 186 valence electrons. The first-order valence-electron chi connectivity index (χ1n) is 12.7. The standard InChI is InChI=1S/C23H14BrN3.C12H10/c24-18-10-16(9-17(11-18)23-26-13-25-14-27-23)22-12-15-5-1-2-6-19(15)20-7-3-4-8-21(20)22;1-3-7-11(8-4-1)12-9-5-2-6-10-12/h1-14H;1-10H. The highest BCUT2D eigenvalue weighted by Crippen LogP contribution is 2.37. The van der Waals surface area contributed by atoms with Gasteiger partial charge in [0.25, 0.3) is 0 Å². The van der Waals surface area contributed by atoms with Crippen molar-refractivity contribution >= 4 is 37.5 Å². The van der Waals surface area contributed by atoms with Gasteiger partial charge in [0, 0.05) is 10.0 Å². The highest BCUT2D eigenvalue weighted by Gasteiger charge is 2.11. The van der Waals surface area contributed by atoms with Crippen molar-refractivity contribution in [2.24, 2.45) is 0 Å². The molecule has 0 amide bonds. The van der Waals surface area contributed by atoms with E-state index in [1.807, 2.05) is 18.2 Å². The number of hydrogen-bond donors (Lipinski definition) is 0. The van der Waals surface area contributed by atoms with Gasteiger partial charge in [-0.1, -0.05) is 125 Å². The normalized spacial score (nSPS) is 10.7. The Labute approximate surface area is 236 Å². The summed E-state index contributed by atoms with van der Waals surface area (Å²) in [5.41, 5.74) is 5.83. The van der Waals surface area contributed by atoms with Crippen LogP contribution in [0.25, 0.3) is 55.2 Å². The monoisotopic (exact) mass is 565 g/mol. The van der Waals surface area contributed by atoms with E-state index in [0.717, 1.165) is 15.6 Å². The topological polar surface area (TPSA) is 38.7 Å². The van der Waals surface area contributed by atoms with Crippen LogP contribution in [0.5, 0.6) is 0 Å². The van der Waals surface area contributed by atoms with Gasteiger partial charge >= 0.3 is 0 Å². The van der Waals surface area contributed by atoms with Gasteiger partial charge in [0.15, 0.2) is 5.82 Å². The van der Waals surface area contributed by atoms with E-state index < -0.39 is 0 Å². The van der Waals surface area contributed by atoms with Crippen molar-refractivity contribution in [3.05, 3.63) is 151 Å². The number of nitrogens with zero attached hydrogens (tertiary/aromatic N) is 3. The average molecular weight is 567 g/mol. The van der Waals surface area contributed by atoms with E-state index in [-0.39, 0.29) is 0 Å². The van der Waals surface area contributed by atoms with E-state index in [1.54, 1.807) is 0 Å². The van der Waals surface area contributed by atoms with Crippen LogP contribution in [-0.2, 0) is 0 Å². The highest BCUT2D eigenvalue weighted by molar-refractivity contribution is 9.10. The van der Waals surface area contributed by atoms with Crippen LogP contribution in [-0.4, -0.2) is 15.0 Å². The van der Waals surface area contributed by atoms with E-state index in [0.29, 0.717) is 5.82 Å². The summed E-state index contributed by atoms with van der Waals surface area (Å²) in [7, 11) is 0. The minimum atomic E-state index is 0.664. The summed E-state index contributed by atoms with van der Waals surface area (Å²) >= 11 is 3.65. The molecule has 7 aromatic rings. The fourth-order valence-corrected chi connectivity index (χ4v) is 5.31. The maximum absolute atomic E-state index is 4.29. The average Bonchev–Trinajstić information content (AvgIpc) is 3.02. The van der Waals surface area contributed by atoms with Crippen molar-refractivity contribution in [2.75, 3.05) is 0 Å². The van der Waals surface area contributed by atoms with Gasteiger partial charge in [-0.05, 0) is 68.1 Å². The molecule has 0 fully saturated rings. The summed E-state index contributed by atoms with van der Waals surface area (Å²) < 4.78 is 0.993. The molecule has 7 rings (SSSR count). The first-order valence-corrected chi connectivity index (χ1v) is 13.5. The summed E-state index contributed by atoms with van der Waals surface area (Å²) in [4.78, 5) is 12.5. The zero-order valence-electron chi connectivity index (χ0n) is 21.1. The number of halogens is 1. The Morgan fingerprint density at radius 1 is 0.436 bits per heavy atom. The fourth-order valence-electron chi connectivity index (χ4n) is 4.82. The smallest absolute Gasteiger partial charge is 0.162 e. The number of benzene rings is 6.